The molecule has 1 aliphatic carbocycles. The molecule has 4 aliphatic heterocycles. The van der Waals surface area contributed by atoms with Gasteiger partial charge in [0, 0.05) is 98.1 Å². The third-order valence-corrected chi connectivity index (χ3v) is 16.6. The molecule has 1 amide bonds. The number of hydrogen-bond acceptors (Lipinski definition) is 11. The summed E-state index contributed by atoms with van der Waals surface area (Å²) in [6.07, 6.45) is 5.79. The molecular weight excluding hydrogens is 867 g/mol. The fourth-order valence-electron chi connectivity index (χ4n) is 11.6. The van der Waals surface area contributed by atoms with Crippen LogP contribution in [0.25, 0.3) is 5.00 Å². The number of benzene rings is 4. The lowest BCUT2D eigenvalue weighted by Gasteiger charge is -2.46. The van der Waals surface area contributed by atoms with Gasteiger partial charge in [-0.3, -0.25) is 19.3 Å². The molecule has 1 N–H and O–H groups in total. The van der Waals surface area contributed by atoms with E-state index < -0.39 is 0 Å². The van der Waals surface area contributed by atoms with E-state index in [0.717, 1.165) is 111 Å². The Morgan fingerprint density at radius 1 is 0.824 bits per heavy atom. The first-order chi connectivity index (χ1) is 33.2. The number of phenolic OH excluding ortho intramolecular Hbond substituents is 1. The lowest BCUT2D eigenvalue weighted by atomic mass is 9.69. The molecule has 0 radical (unpaired) electrons. The first-order valence-electron chi connectivity index (χ1n) is 24.3. The van der Waals surface area contributed by atoms with Gasteiger partial charge in [0.1, 0.15) is 28.9 Å². The van der Waals surface area contributed by atoms with E-state index in [1.165, 1.54) is 38.4 Å². The number of hydrogen-bond donors (Lipinski definition) is 1. The molecule has 5 aliphatic rings. The minimum Gasteiger partial charge on any atom is -0.508 e. The van der Waals surface area contributed by atoms with E-state index in [1.807, 2.05) is 19.1 Å². The van der Waals surface area contributed by atoms with Gasteiger partial charge in [-0.05, 0) is 104 Å². The van der Waals surface area contributed by atoms with Crippen LogP contribution in [0.1, 0.15) is 85.7 Å². The molecule has 346 valence electrons. The molecule has 4 aromatic carbocycles. The van der Waals surface area contributed by atoms with E-state index in [2.05, 4.69) is 138 Å². The highest BCUT2D eigenvalue weighted by atomic mass is 32.1. The van der Waals surface area contributed by atoms with Gasteiger partial charge in [-0.1, -0.05) is 60.7 Å². The van der Waals surface area contributed by atoms with E-state index in [0.29, 0.717) is 35.8 Å². The maximum Gasteiger partial charge on any atom is 0.229 e. The van der Waals surface area contributed by atoms with E-state index >= 15 is 0 Å². The van der Waals surface area contributed by atoms with Gasteiger partial charge in [0.25, 0.3) is 0 Å². The summed E-state index contributed by atoms with van der Waals surface area (Å²) in [5.41, 5.74) is 12.0. The maximum absolute atomic E-state index is 13.8. The third kappa shape index (κ3) is 7.79. The average Bonchev–Trinajstić information content (AvgIpc) is 4.05. The van der Waals surface area contributed by atoms with E-state index in [9.17, 15) is 9.90 Å². The Kier molecular flexibility index (Phi) is 11.0. The number of fused-ring (bicyclic) bond motifs is 4. The molecule has 0 spiro atoms. The number of rotatable bonds is 10. The number of oxazole rings is 1. The number of carbonyl (C=O) groups is 1. The summed E-state index contributed by atoms with van der Waals surface area (Å²) in [5, 5.41) is 20.4. The normalized spacial score (nSPS) is 20.8. The van der Waals surface area contributed by atoms with Gasteiger partial charge < -0.3 is 24.2 Å². The predicted molar refractivity (Wildman–Crippen MR) is 267 cm³/mol. The molecule has 3 atom stereocenters. The van der Waals surface area contributed by atoms with Crippen LogP contribution >= 0.6 is 11.3 Å². The van der Waals surface area contributed by atoms with Crippen LogP contribution in [0.5, 0.6) is 5.75 Å². The number of thiophene rings is 1. The number of aliphatic imine (C=N–C) groups is 1. The molecular formula is C55H57N9O3S. The Labute approximate surface area is 401 Å². The Morgan fingerprint density at radius 3 is 2.29 bits per heavy atom. The highest BCUT2D eigenvalue weighted by Gasteiger charge is 2.39. The zero-order valence-corrected chi connectivity index (χ0v) is 39.8. The summed E-state index contributed by atoms with van der Waals surface area (Å²) in [7, 11) is 0. The number of piperazine rings is 1. The fourth-order valence-corrected chi connectivity index (χ4v) is 12.8. The second kappa shape index (κ2) is 17.5. The minimum absolute atomic E-state index is 0.0265. The Balaban J connectivity index is 0.636. The maximum atomic E-state index is 13.8. The van der Waals surface area contributed by atoms with Crippen LogP contribution in [-0.4, -0.2) is 105 Å². The molecule has 12 rings (SSSR count). The summed E-state index contributed by atoms with van der Waals surface area (Å²) < 4.78 is 7.82. The number of carbonyl (C=O) groups excluding carboxylic acids is 1. The molecule has 68 heavy (non-hydrogen) atoms. The van der Waals surface area contributed by atoms with Crippen molar-refractivity contribution in [3.05, 3.63) is 171 Å². The second-order valence-corrected chi connectivity index (χ2v) is 20.8. The molecule has 13 heteroatoms. The highest BCUT2D eigenvalue weighted by molar-refractivity contribution is 7.15. The van der Waals surface area contributed by atoms with E-state index in [1.54, 1.807) is 23.8 Å². The van der Waals surface area contributed by atoms with Crippen LogP contribution < -0.4 is 9.80 Å². The van der Waals surface area contributed by atoms with Gasteiger partial charge in [0.2, 0.25) is 5.91 Å². The smallest absolute Gasteiger partial charge is 0.229 e. The Morgan fingerprint density at radius 2 is 1.56 bits per heavy atom. The van der Waals surface area contributed by atoms with Crippen LogP contribution in [0.3, 0.4) is 0 Å². The van der Waals surface area contributed by atoms with Crippen LogP contribution in [0, 0.1) is 32.6 Å². The Bertz CT molecular complexity index is 2980. The van der Waals surface area contributed by atoms with Gasteiger partial charge in [-0.25, -0.2) is 4.98 Å². The summed E-state index contributed by atoms with van der Waals surface area (Å²) >= 11 is 1.75. The highest BCUT2D eigenvalue weighted by Crippen LogP contribution is 2.47. The minimum atomic E-state index is -0.314. The summed E-state index contributed by atoms with van der Waals surface area (Å²) in [6, 6.07) is 34.5. The fraction of sp³-hybridized carbons (Fsp3) is 0.364. The molecule has 7 heterocycles. The number of amides is 1. The van der Waals surface area contributed by atoms with Gasteiger partial charge >= 0.3 is 0 Å². The zero-order valence-electron chi connectivity index (χ0n) is 39.0. The second-order valence-electron chi connectivity index (χ2n) is 19.6. The van der Waals surface area contributed by atoms with Crippen molar-refractivity contribution < 1.29 is 14.3 Å². The number of nitrogens with zero attached hydrogens (tertiary/aromatic N) is 9. The third-order valence-electron chi connectivity index (χ3n) is 15.4. The van der Waals surface area contributed by atoms with Gasteiger partial charge in [-0.2, -0.15) is 0 Å². The number of aryl methyl sites for hydroxylation is 3. The van der Waals surface area contributed by atoms with Crippen molar-refractivity contribution in [1.82, 2.24) is 29.5 Å². The summed E-state index contributed by atoms with van der Waals surface area (Å²) in [4.78, 5) is 34.3. The molecule has 0 saturated carbocycles. The lowest BCUT2D eigenvalue weighted by Crippen LogP contribution is -2.59. The van der Waals surface area contributed by atoms with Crippen molar-refractivity contribution in [2.75, 3.05) is 68.7 Å². The van der Waals surface area contributed by atoms with E-state index in [4.69, 9.17) is 9.41 Å². The molecule has 7 aromatic rings. The molecule has 0 unspecified atom stereocenters. The van der Waals surface area contributed by atoms with Crippen molar-refractivity contribution in [2.24, 2.45) is 16.8 Å². The van der Waals surface area contributed by atoms with Gasteiger partial charge in [0.05, 0.1) is 24.2 Å². The summed E-state index contributed by atoms with van der Waals surface area (Å²) in [6.45, 7) is 14.5. The quantitative estimate of drug-likeness (QED) is 0.144. The van der Waals surface area contributed by atoms with Crippen molar-refractivity contribution in [3.8, 4) is 10.8 Å². The Hall–Kier alpha value is -6.57. The summed E-state index contributed by atoms with van der Waals surface area (Å²) in [5.74, 6) is 4.20. The van der Waals surface area contributed by atoms with Crippen molar-refractivity contribution in [3.63, 3.8) is 0 Å². The number of phenols is 1. The lowest BCUT2D eigenvalue weighted by molar-refractivity contribution is -0.138. The topological polar surface area (TPSA) is 119 Å². The number of aromatic nitrogens is 4. The largest absolute Gasteiger partial charge is 0.508 e. The zero-order chi connectivity index (χ0) is 46.0. The van der Waals surface area contributed by atoms with Crippen LogP contribution in [0.2, 0.25) is 0 Å². The molecule has 3 aromatic heterocycles. The molecule has 3 fully saturated rings. The van der Waals surface area contributed by atoms with Gasteiger partial charge in [0.15, 0.2) is 11.7 Å². The first kappa shape index (κ1) is 42.8. The first-order valence-corrected chi connectivity index (χ1v) is 25.1. The molecule has 12 nitrogen and oxygen atoms in total. The van der Waals surface area contributed by atoms with Crippen LogP contribution in [-0.2, 0) is 17.6 Å². The average molecular weight is 924 g/mol. The monoisotopic (exact) mass is 923 g/mol. The van der Waals surface area contributed by atoms with Gasteiger partial charge in [-0.15, -0.1) is 21.5 Å². The van der Waals surface area contributed by atoms with Crippen molar-refractivity contribution in [1.29, 1.82) is 0 Å². The van der Waals surface area contributed by atoms with Crippen molar-refractivity contribution in [2.45, 2.75) is 57.9 Å². The predicted octanol–water partition coefficient (Wildman–Crippen LogP) is 8.66. The molecule has 0 bridgehead atoms. The SMILES string of the molecule is Cc1sc2c(c1C)C(c1ccc(N3CC(C(=O)N4CCN(CC5CN(c6ccc([C@@H]7c8ccc(O)cc8CC[C@@H]7c7ccccc7)cc6)C5)CC4)C3)cc1)=N[C@@H](Cc1ncco1)c1nnc(C)n1-2. The van der Waals surface area contributed by atoms with Crippen molar-refractivity contribution >= 4 is 34.3 Å². The standard InChI is InChI=1S/C55H57N9O3S/c1-34-35(2)68-55-50(34)52(57-48(28-49-56-21-26-67-49)53-59-58-36(3)64(53)55)40-11-16-44(17-12-40)63-32-42(33-63)54(66)61-24-22-60(23-25-61)29-37-30-62(31-37)43-14-9-39(10-15-43)51-46(38-7-5-4-6-8-38)19-13-41-27-45(65)18-20-47(41)51/h4-12,14-18,20-21,26-27,37,42,46,48,51,65H,13,19,22-25,28-33H2,1-3H3/t46-,48+,51+/m1/s1. The van der Waals surface area contributed by atoms with Crippen LogP contribution in [0.4, 0.5) is 11.4 Å². The molecule has 3 saturated heterocycles. The number of aromatic hydroxyl groups is 1. The van der Waals surface area contributed by atoms with Crippen LogP contribution in [0.15, 0.2) is 119 Å². The number of anilines is 2. The van der Waals surface area contributed by atoms with E-state index in [-0.39, 0.29) is 17.9 Å².